The summed E-state index contributed by atoms with van der Waals surface area (Å²) in [6.07, 6.45) is 2.01. The minimum atomic E-state index is -1.87. The van der Waals surface area contributed by atoms with E-state index in [1.807, 2.05) is 30.3 Å². The summed E-state index contributed by atoms with van der Waals surface area (Å²) in [5.41, 5.74) is 3.89. The second-order valence-corrected chi connectivity index (χ2v) is 18.0. The van der Waals surface area contributed by atoms with E-state index < -0.39 is 8.32 Å². The molecule has 1 aliphatic rings. The molecule has 9 heteroatoms. The van der Waals surface area contributed by atoms with Crippen molar-refractivity contribution >= 4 is 37.7 Å². The Morgan fingerprint density at radius 1 is 1.03 bits per heavy atom. The molecular formula is C28H37N5O2SSi. The van der Waals surface area contributed by atoms with E-state index >= 15 is 0 Å². The molecule has 2 heterocycles. The minimum absolute atomic E-state index is 0.0782. The summed E-state index contributed by atoms with van der Waals surface area (Å²) >= 11 is 1.50. The minimum Gasteiger partial charge on any atom is -0.544 e. The predicted octanol–water partition coefficient (Wildman–Crippen LogP) is 6.69. The lowest BCUT2D eigenvalue weighted by Gasteiger charge is -2.34. The lowest BCUT2D eigenvalue weighted by atomic mass is 9.78. The standard InChI is InChI=1S/C28H37N5O2SSi/c1-27(2,3)19-14-18(15-20(28(4,5)6)25(19)35-37(7,8)9)16-23-26(34)33(17-24-29-31-32-30-24)21-12-10-11-13-22(21)36-23/h10-16H,17H2,1-9H3,(H,29,30,31,32). The zero-order chi connectivity index (χ0) is 27.2. The highest BCUT2D eigenvalue weighted by Gasteiger charge is 2.33. The molecule has 1 aliphatic heterocycles. The van der Waals surface area contributed by atoms with Crippen LogP contribution in [0.3, 0.4) is 0 Å². The first-order valence-corrected chi connectivity index (χ1v) is 16.8. The van der Waals surface area contributed by atoms with Crippen LogP contribution >= 0.6 is 11.8 Å². The van der Waals surface area contributed by atoms with Crippen molar-refractivity contribution in [1.82, 2.24) is 20.6 Å². The summed E-state index contributed by atoms with van der Waals surface area (Å²) in [6, 6.07) is 12.3. The SMILES string of the molecule is CC(C)(C)c1cc(C=C2Sc3ccccc3N(Cc3nn[nH]n3)C2=O)cc(C(C)(C)C)c1O[Si](C)(C)C. The van der Waals surface area contributed by atoms with Crippen molar-refractivity contribution in [1.29, 1.82) is 0 Å². The third kappa shape index (κ3) is 6.15. The van der Waals surface area contributed by atoms with Gasteiger partial charge >= 0.3 is 0 Å². The number of amides is 1. The molecule has 1 aromatic heterocycles. The van der Waals surface area contributed by atoms with Gasteiger partial charge in [-0.15, -0.1) is 10.2 Å². The van der Waals surface area contributed by atoms with Gasteiger partial charge in [-0.1, -0.05) is 70.7 Å². The number of carbonyl (C=O) groups excluding carboxylic acids is 1. The number of para-hydroxylation sites is 1. The Hall–Kier alpha value is -2.91. The molecule has 3 aromatic rings. The highest BCUT2D eigenvalue weighted by molar-refractivity contribution is 8.04. The number of aromatic nitrogens is 4. The Bertz CT molecular complexity index is 1300. The number of aromatic amines is 1. The maximum Gasteiger partial charge on any atom is 0.265 e. The van der Waals surface area contributed by atoms with E-state index in [1.165, 1.54) is 11.8 Å². The van der Waals surface area contributed by atoms with E-state index in [4.69, 9.17) is 4.43 Å². The molecule has 0 spiro atoms. The number of tetrazole rings is 1. The van der Waals surface area contributed by atoms with Gasteiger partial charge in [-0.05, 0) is 77.5 Å². The number of hydrogen-bond donors (Lipinski definition) is 1. The molecule has 0 saturated carbocycles. The second kappa shape index (κ2) is 9.76. The van der Waals surface area contributed by atoms with Gasteiger partial charge in [0.2, 0.25) is 8.32 Å². The van der Waals surface area contributed by atoms with Crippen molar-refractivity contribution < 1.29 is 9.22 Å². The number of nitrogens with one attached hydrogen (secondary N) is 1. The van der Waals surface area contributed by atoms with E-state index in [-0.39, 0.29) is 23.3 Å². The van der Waals surface area contributed by atoms with Gasteiger partial charge in [0.1, 0.15) is 5.75 Å². The highest BCUT2D eigenvalue weighted by Crippen LogP contribution is 2.45. The van der Waals surface area contributed by atoms with Crippen LogP contribution in [-0.2, 0) is 22.2 Å². The monoisotopic (exact) mass is 535 g/mol. The van der Waals surface area contributed by atoms with Crippen molar-refractivity contribution in [2.45, 2.75) is 83.5 Å². The second-order valence-electron chi connectivity index (χ2n) is 12.5. The van der Waals surface area contributed by atoms with Gasteiger partial charge in [-0.25, -0.2) is 0 Å². The average Bonchev–Trinajstić information content (AvgIpc) is 3.28. The Balaban J connectivity index is 1.86. The van der Waals surface area contributed by atoms with Crippen molar-refractivity contribution in [3.05, 3.63) is 63.8 Å². The smallest absolute Gasteiger partial charge is 0.265 e. The van der Waals surface area contributed by atoms with Crippen LogP contribution < -0.4 is 9.33 Å². The lowest BCUT2D eigenvalue weighted by molar-refractivity contribution is -0.114. The maximum absolute atomic E-state index is 13.8. The first-order chi connectivity index (χ1) is 17.1. The van der Waals surface area contributed by atoms with Crippen LogP contribution in [0.25, 0.3) is 6.08 Å². The van der Waals surface area contributed by atoms with Gasteiger partial charge in [0, 0.05) is 4.90 Å². The van der Waals surface area contributed by atoms with Gasteiger partial charge in [-0.2, -0.15) is 5.21 Å². The summed E-state index contributed by atoms with van der Waals surface area (Å²) in [5, 5.41) is 14.3. The Kier molecular flexibility index (Phi) is 7.15. The van der Waals surface area contributed by atoms with Crippen LogP contribution in [0.2, 0.25) is 19.6 Å². The number of rotatable bonds is 5. The van der Waals surface area contributed by atoms with Crippen LogP contribution in [0, 0.1) is 0 Å². The number of H-pyrrole nitrogens is 1. The summed E-state index contributed by atoms with van der Waals surface area (Å²) in [5.74, 6) is 1.38. The number of thioether (sulfide) groups is 1. The normalized spacial score (nSPS) is 15.8. The third-order valence-electron chi connectivity index (χ3n) is 5.95. The zero-order valence-corrected chi connectivity index (χ0v) is 25.1. The molecule has 0 bridgehead atoms. The molecule has 0 saturated heterocycles. The Labute approximate surface area is 225 Å². The van der Waals surface area contributed by atoms with Crippen molar-refractivity contribution in [2.24, 2.45) is 0 Å². The number of fused-ring (bicyclic) bond motifs is 1. The Morgan fingerprint density at radius 2 is 1.65 bits per heavy atom. The van der Waals surface area contributed by atoms with E-state index in [2.05, 4.69) is 93.9 Å². The molecule has 4 rings (SSSR count). The quantitative estimate of drug-likeness (QED) is 0.289. The molecule has 7 nitrogen and oxygen atoms in total. The van der Waals surface area contributed by atoms with Crippen molar-refractivity contribution in [3.8, 4) is 5.75 Å². The van der Waals surface area contributed by atoms with Gasteiger partial charge in [0.05, 0.1) is 17.1 Å². The molecule has 1 amide bonds. The Morgan fingerprint density at radius 3 is 2.19 bits per heavy atom. The van der Waals surface area contributed by atoms with Gasteiger partial charge in [-0.3, -0.25) is 9.69 Å². The topological polar surface area (TPSA) is 84.0 Å². The number of hydrogen-bond acceptors (Lipinski definition) is 6. The van der Waals surface area contributed by atoms with Gasteiger partial charge in [0.25, 0.3) is 5.91 Å². The maximum atomic E-state index is 13.8. The molecule has 0 fully saturated rings. The van der Waals surface area contributed by atoms with Gasteiger partial charge < -0.3 is 4.43 Å². The van der Waals surface area contributed by atoms with Crippen LogP contribution in [0.1, 0.15) is 64.1 Å². The first kappa shape index (κ1) is 27.1. The molecule has 2 aromatic carbocycles. The molecule has 1 N–H and O–H groups in total. The third-order valence-corrected chi connectivity index (χ3v) is 7.85. The summed E-state index contributed by atoms with van der Waals surface area (Å²) in [7, 11) is -1.87. The first-order valence-electron chi connectivity index (χ1n) is 12.5. The number of nitrogens with zero attached hydrogens (tertiary/aromatic N) is 4. The van der Waals surface area contributed by atoms with E-state index in [1.54, 1.807) is 4.90 Å². The zero-order valence-electron chi connectivity index (χ0n) is 23.3. The highest BCUT2D eigenvalue weighted by atomic mass is 32.2. The number of benzene rings is 2. The molecule has 0 aliphatic carbocycles. The lowest BCUT2D eigenvalue weighted by Crippen LogP contribution is -2.34. The fourth-order valence-corrected chi connectivity index (χ4v) is 6.12. The summed E-state index contributed by atoms with van der Waals surface area (Å²) in [6.45, 7) is 20.2. The van der Waals surface area contributed by atoms with Crippen molar-refractivity contribution in [2.75, 3.05) is 4.90 Å². The van der Waals surface area contributed by atoms with Crippen LogP contribution in [0.15, 0.2) is 46.2 Å². The van der Waals surface area contributed by atoms with Crippen molar-refractivity contribution in [3.63, 3.8) is 0 Å². The molecule has 37 heavy (non-hydrogen) atoms. The van der Waals surface area contributed by atoms with Crippen LogP contribution in [0.4, 0.5) is 5.69 Å². The molecule has 0 radical (unpaired) electrons. The average molecular weight is 536 g/mol. The van der Waals surface area contributed by atoms with E-state index in [0.29, 0.717) is 10.7 Å². The van der Waals surface area contributed by atoms with E-state index in [0.717, 1.165) is 33.0 Å². The van der Waals surface area contributed by atoms with Crippen LogP contribution in [-0.4, -0.2) is 34.8 Å². The summed E-state index contributed by atoms with van der Waals surface area (Å²) < 4.78 is 6.72. The van der Waals surface area contributed by atoms with Crippen LogP contribution in [0.5, 0.6) is 5.75 Å². The molecule has 0 atom stereocenters. The van der Waals surface area contributed by atoms with Gasteiger partial charge in [0.15, 0.2) is 5.82 Å². The fourth-order valence-electron chi connectivity index (χ4n) is 4.23. The molecular weight excluding hydrogens is 498 g/mol. The fraction of sp³-hybridized carbons (Fsp3) is 0.429. The summed E-state index contributed by atoms with van der Waals surface area (Å²) in [4.78, 5) is 17.2. The number of anilines is 1. The predicted molar refractivity (Wildman–Crippen MR) is 153 cm³/mol. The number of carbonyl (C=O) groups is 1. The van der Waals surface area contributed by atoms with E-state index in [9.17, 15) is 4.79 Å². The molecule has 196 valence electrons. The largest absolute Gasteiger partial charge is 0.544 e. The molecule has 0 unspecified atom stereocenters.